The summed E-state index contributed by atoms with van der Waals surface area (Å²) in [7, 11) is -1.40. The van der Waals surface area contributed by atoms with Crippen molar-refractivity contribution >= 4 is 25.0 Å². The number of primary amides is 1. The van der Waals surface area contributed by atoms with Crippen LogP contribution in [0.25, 0.3) is 11.0 Å². The number of rotatable bonds is 16. The Hall–Kier alpha value is -2.13. The molecule has 0 saturated heterocycles. The van der Waals surface area contributed by atoms with Gasteiger partial charge in [0.25, 0.3) is 0 Å². The van der Waals surface area contributed by atoms with Crippen molar-refractivity contribution in [1.82, 2.24) is 9.55 Å². The van der Waals surface area contributed by atoms with Gasteiger partial charge in [0.2, 0.25) is 11.8 Å². The molecule has 2 saturated carbocycles. The van der Waals surface area contributed by atoms with Gasteiger partial charge in [-0.1, -0.05) is 25.7 Å². The fraction of sp³-hybridized carbons (Fsp3) is 0.742. The molecule has 254 valence electrons. The lowest BCUT2D eigenvalue weighted by atomic mass is 9.67. The minimum absolute atomic E-state index is 0.0622. The molecule has 2 aliphatic rings. The molecular formula is C31H47F5N4O4Si. The molecule has 0 aliphatic heterocycles. The molecule has 0 spiro atoms. The van der Waals surface area contributed by atoms with E-state index in [1.54, 1.807) is 22.8 Å². The number of alkyl halides is 5. The van der Waals surface area contributed by atoms with Crippen LogP contribution < -0.4 is 11.5 Å². The zero-order valence-electron chi connectivity index (χ0n) is 26.9. The smallest absolute Gasteiger partial charge is 0.378 e. The first-order chi connectivity index (χ1) is 20.7. The number of imidazole rings is 1. The van der Waals surface area contributed by atoms with E-state index < -0.39 is 74.4 Å². The molecule has 1 amide bonds. The number of halogens is 5. The summed E-state index contributed by atoms with van der Waals surface area (Å²) in [6, 6.07) is 5.18. The van der Waals surface area contributed by atoms with E-state index in [-0.39, 0.29) is 25.3 Å². The molecule has 1 aromatic heterocycles. The van der Waals surface area contributed by atoms with Crippen LogP contribution in [-0.2, 0) is 25.7 Å². The maximum absolute atomic E-state index is 13.9. The van der Waals surface area contributed by atoms with Crippen LogP contribution in [0.4, 0.5) is 22.0 Å². The van der Waals surface area contributed by atoms with Gasteiger partial charge in [0.05, 0.1) is 41.8 Å². The Morgan fingerprint density at radius 3 is 2.36 bits per heavy atom. The molecule has 8 nitrogen and oxygen atoms in total. The highest BCUT2D eigenvalue weighted by Crippen LogP contribution is 2.50. The predicted molar refractivity (Wildman–Crippen MR) is 164 cm³/mol. The average molecular weight is 663 g/mol. The molecule has 2 fully saturated rings. The number of aromatic nitrogens is 2. The summed E-state index contributed by atoms with van der Waals surface area (Å²) >= 11 is 0. The number of carbonyl (C=O) groups excluding carboxylic acids is 1. The molecule has 4 atom stereocenters. The number of benzene rings is 1. The van der Waals surface area contributed by atoms with Crippen LogP contribution in [0.5, 0.6) is 0 Å². The van der Waals surface area contributed by atoms with Gasteiger partial charge >= 0.3 is 6.18 Å². The molecule has 2 aliphatic carbocycles. The minimum atomic E-state index is -4.62. The molecule has 45 heavy (non-hydrogen) atoms. The van der Waals surface area contributed by atoms with Crippen molar-refractivity contribution in [1.29, 1.82) is 0 Å². The van der Waals surface area contributed by atoms with Crippen LogP contribution >= 0.6 is 0 Å². The highest BCUT2D eigenvalue weighted by molar-refractivity contribution is 6.76. The van der Waals surface area contributed by atoms with E-state index in [1.165, 1.54) is 6.92 Å². The Bertz CT molecular complexity index is 1330. The summed E-state index contributed by atoms with van der Waals surface area (Å²) in [5, 5.41) is 0. The third kappa shape index (κ3) is 8.82. The van der Waals surface area contributed by atoms with Crippen molar-refractivity contribution in [2.75, 3.05) is 13.2 Å². The lowest BCUT2D eigenvalue weighted by Gasteiger charge is -2.41. The Morgan fingerprint density at radius 2 is 1.82 bits per heavy atom. The predicted octanol–water partition coefficient (Wildman–Crippen LogP) is 6.50. The molecule has 4 N–H and O–H groups in total. The van der Waals surface area contributed by atoms with Crippen molar-refractivity contribution in [3.8, 4) is 0 Å². The number of nitrogens with two attached hydrogens (primary N) is 2. The first-order valence-corrected chi connectivity index (χ1v) is 19.3. The van der Waals surface area contributed by atoms with Crippen molar-refractivity contribution in [3.05, 3.63) is 29.6 Å². The third-order valence-corrected chi connectivity index (χ3v) is 10.5. The lowest BCUT2D eigenvalue weighted by molar-refractivity contribution is -0.277. The molecule has 1 heterocycles. The maximum Gasteiger partial charge on any atom is 0.416 e. The van der Waals surface area contributed by atoms with Crippen LogP contribution in [0, 0.1) is 11.8 Å². The molecule has 2 aromatic rings. The van der Waals surface area contributed by atoms with Gasteiger partial charge < -0.3 is 30.2 Å². The van der Waals surface area contributed by atoms with Gasteiger partial charge in [-0.25, -0.2) is 13.8 Å². The van der Waals surface area contributed by atoms with Crippen LogP contribution in [0.2, 0.25) is 25.7 Å². The first-order valence-electron chi connectivity index (χ1n) is 15.6. The zero-order chi connectivity index (χ0) is 33.5. The van der Waals surface area contributed by atoms with E-state index in [1.807, 2.05) is 0 Å². The lowest BCUT2D eigenvalue weighted by Crippen LogP contribution is -2.47. The van der Waals surface area contributed by atoms with E-state index in [2.05, 4.69) is 19.6 Å². The normalized spacial score (nSPS) is 20.5. The van der Waals surface area contributed by atoms with E-state index >= 15 is 0 Å². The maximum atomic E-state index is 13.9. The average Bonchev–Trinajstić information content (AvgIpc) is 3.64. The van der Waals surface area contributed by atoms with Crippen molar-refractivity contribution < 1.29 is 41.0 Å². The third-order valence-electron chi connectivity index (χ3n) is 8.84. The molecular weight excluding hydrogens is 615 g/mol. The first kappa shape index (κ1) is 35.7. The number of ether oxygens (including phenoxy) is 3. The number of fused-ring (bicyclic) bond motifs is 1. The second kappa shape index (κ2) is 13.2. The summed E-state index contributed by atoms with van der Waals surface area (Å²) < 4.78 is 87.7. The molecule has 1 unspecified atom stereocenters. The summed E-state index contributed by atoms with van der Waals surface area (Å²) in [6.07, 6.45) is -4.68. The summed E-state index contributed by atoms with van der Waals surface area (Å²) in [6.45, 7) is 10.7. The second-order valence-electron chi connectivity index (χ2n) is 14.4. The Labute approximate surface area is 262 Å². The second-order valence-corrected chi connectivity index (χ2v) is 20.1. The van der Waals surface area contributed by atoms with Crippen LogP contribution in [-0.4, -0.2) is 66.7 Å². The van der Waals surface area contributed by atoms with Crippen molar-refractivity contribution in [3.63, 3.8) is 0 Å². The highest BCUT2D eigenvalue weighted by atomic mass is 28.3. The van der Waals surface area contributed by atoms with E-state index in [0.717, 1.165) is 32.7 Å². The van der Waals surface area contributed by atoms with E-state index in [0.29, 0.717) is 23.2 Å². The van der Waals surface area contributed by atoms with Gasteiger partial charge in [-0.15, -0.1) is 0 Å². The Morgan fingerprint density at radius 1 is 1.18 bits per heavy atom. The Kier molecular flexibility index (Phi) is 10.5. The van der Waals surface area contributed by atoms with E-state index in [9.17, 15) is 26.7 Å². The standard InChI is InChI=1S/C31H47F5N4O4Si/c1-18(44-29(2,3)31(34,35)36)26(37)28-39-23-13-19(7-10-24(23)40(28)17-42-11-12-45(4,5)6)22(16-43-21-8-9-21)25(27(38)41)20-14-30(32,33)15-20/h7,10,13,18,20-22,25-26H,8-9,11-12,14-17,37H2,1-6H3,(H2,38,41)/t18-,22-,25?,26+/m1/s1. The quantitative estimate of drug-likeness (QED) is 0.120. The van der Waals surface area contributed by atoms with Gasteiger partial charge in [-0.05, 0) is 63.3 Å². The SMILES string of the molecule is C[C@@H](OC(C)(C)C(F)(F)F)[C@H](N)c1nc2cc([C@@H](COC3CC3)C(C(N)=O)C3CC(F)(F)C3)ccc2n1COCC[Si](C)(C)C. The van der Waals surface area contributed by atoms with Gasteiger partial charge in [0.1, 0.15) is 12.6 Å². The fourth-order valence-corrected chi connectivity index (χ4v) is 6.49. The van der Waals surface area contributed by atoms with Crippen LogP contribution in [0.1, 0.15) is 69.8 Å². The molecule has 0 bridgehead atoms. The van der Waals surface area contributed by atoms with Crippen LogP contribution in [0.15, 0.2) is 18.2 Å². The monoisotopic (exact) mass is 662 g/mol. The minimum Gasteiger partial charge on any atom is -0.378 e. The number of nitrogens with zero attached hydrogens (tertiary/aromatic N) is 2. The fourth-order valence-electron chi connectivity index (χ4n) is 5.74. The van der Waals surface area contributed by atoms with Gasteiger partial charge in [-0.2, -0.15) is 13.2 Å². The molecule has 0 radical (unpaired) electrons. The Balaban J connectivity index is 1.70. The zero-order valence-corrected chi connectivity index (χ0v) is 27.9. The van der Waals surface area contributed by atoms with Gasteiger partial charge in [-0.3, -0.25) is 4.79 Å². The molecule has 1 aromatic carbocycles. The van der Waals surface area contributed by atoms with E-state index in [4.69, 9.17) is 30.7 Å². The van der Waals surface area contributed by atoms with Gasteiger partial charge in [0, 0.05) is 33.4 Å². The van der Waals surface area contributed by atoms with Gasteiger partial charge in [0.15, 0.2) is 5.60 Å². The van der Waals surface area contributed by atoms with Crippen molar-refractivity contribution in [2.45, 2.75) is 121 Å². The number of carbonyl (C=O) groups is 1. The largest absolute Gasteiger partial charge is 0.416 e. The topological polar surface area (TPSA) is 115 Å². The summed E-state index contributed by atoms with van der Waals surface area (Å²) in [5.41, 5.74) is 11.6. The molecule has 4 rings (SSSR count). The van der Waals surface area contributed by atoms with Crippen molar-refractivity contribution in [2.24, 2.45) is 23.3 Å². The highest BCUT2D eigenvalue weighted by Gasteiger charge is 2.52. The van der Waals surface area contributed by atoms with Crippen LogP contribution in [0.3, 0.4) is 0 Å². The summed E-state index contributed by atoms with van der Waals surface area (Å²) in [4.78, 5) is 17.4. The number of hydrogen-bond donors (Lipinski definition) is 2. The summed E-state index contributed by atoms with van der Waals surface area (Å²) in [5.74, 6) is -5.26. The number of hydrogen-bond acceptors (Lipinski definition) is 6. The molecule has 14 heteroatoms. The number of amides is 1.